The van der Waals surface area contributed by atoms with Gasteiger partial charge in [-0.15, -0.1) is 11.3 Å². The van der Waals surface area contributed by atoms with Gasteiger partial charge in [-0.1, -0.05) is 35.4 Å². The van der Waals surface area contributed by atoms with Crippen LogP contribution in [-0.2, 0) is 17.9 Å². The van der Waals surface area contributed by atoms with Crippen LogP contribution < -0.4 is 20.1 Å². The van der Waals surface area contributed by atoms with Crippen LogP contribution in [0.2, 0.25) is 5.02 Å². The fraction of sp³-hybridized carbons (Fsp3) is 0.261. The third-order valence-electron chi connectivity index (χ3n) is 4.26. The van der Waals surface area contributed by atoms with Crippen molar-refractivity contribution in [2.75, 3.05) is 18.5 Å². The van der Waals surface area contributed by atoms with E-state index in [0.717, 1.165) is 23.4 Å². The molecular formula is C23H25ClN2O3S. The number of amides is 1. The Morgan fingerprint density at radius 1 is 1.10 bits per heavy atom. The number of aryl methyl sites for hydroxylation is 1. The van der Waals surface area contributed by atoms with Crippen molar-refractivity contribution < 1.29 is 14.3 Å². The molecule has 3 aromatic rings. The van der Waals surface area contributed by atoms with Gasteiger partial charge in [0, 0.05) is 23.7 Å². The van der Waals surface area contributed by atoms with Gasteiger partial charge in [0.2, 0.25) is 0 Å². The van der Waals surface area contributed by atoms with E-state index in [0.29, 0.717) is 29.7 Å². The Balaban J connectivity index is 1.61. The number of hydrogen-bond acceptors (Lipinski definition) is 5. The van der Waals surface area contributed by atoms with Crippen LogP contribution in [0.1, 0.15) is 22.9 Å². The average molecular weight is 445 g/mol. The molecule has 7 heteroatoms. The first-order valence-electron chi connectivity index (χ1n) is 9.72. The minimum absolute atomic E-state index is 0.163. The van der Waals surface area contributed by atoms with Crippen molar-refractivity contribution in [2.45, 2.75) is 26.9 Å². The molecule has 0 aliphatic rings. The number of ether oxygens (including phenoxy) is 2. The van der Waals surface area contributed by atoms with E-state index >= 15 is 0 Å². The van der Waals surface area contributed by atoms with E-state index in [1.54, 1.807) is 11.3 Å². The second-order valence-corrected chi connectivity index (χ2v) is 8.16. The van der Waals surface area contributed by atoms with Gasteiger partial charge < -0.3 is 20.1 Å². The molecule has 0 aliphatic carbocycles. The van der Waals surface area contributed by atoms with Crippen LogP contribution >= 0.6 is 22.9 Å². The van der Waals surface area contributed by atoms with E-state index in [2.05, 4.69) is 22.1 Å². The van der Waals surface area contributed by atoms with Crippen LogP contribution in [0.3, 0.4) is 0 Å². The molecule has 0 bridgehead atoms. The van der Waals surface area contributed by atoms with Gasteiger partial charge in [0.1, 0.15) is 0 Å². The lowest BCUT2D eigenvalue weighted by atomic mass is 10.2. The minimum Gasteiger partial charge on any atom is -0.490 e. The van der Waals surface area contributed by atoms with Crippen molar-refractivity contribution in [1.29, 1.82) is 0 Å². The molecule has 158 valence electrons. The van der Waals surface area contributed by atoms with Gasteiger partial charge in [0.05, 0.1) is 11.6 Å². The van der Waals surface area contributed by atoms with Crippen molar-refractivity contribution >= 4 is 34.5 Å². The Labute approximate surface area is 186 Å². The maximum absolute atomic E-state index is 12.2. The molecule has 2 N–H and O–H groups in total. The number of rotatable bonds is 10. The SMILES string of the molecule is CCOc1cc(CNCc2cccs2)cc(Cl)c1OCC(=O)Nc1ccc(C)cc1. The highest BCUT2D eigenvalue weighted by atomic mass is 35.5. The molecule has 0 spiro atoms. The second-order valence-electron chi connectivity index (χ2n) is 6.72. The Morgan fingerprint density at radius 3 is 2.60 bits per heavy atom. The van der Waals surface area contributed by atoms with E-state index in [-0.39, 0.29) is 12.5 Å². The summed E-state index contributed by atoms with van der Waals surface area (Å²) < 4.78 is 11.4. The second kappa shape index (κ2) is 11.0. The van der Waals surface area contributed by atoms with Crippen molar-refractivity contribution in [1.82, 2.24) is 5.32 Å². The van der Waals surface area contributed by atoms with Crippen LogP contribution in [0, 0.1) is 6.92 Å². The molecule has 5 nitrogen and oxygen atoms in total. The number of thiophene rings is 1. The highest BCUT2D eigenvalue weighted by Gasteiger charge is 2.14. The first kappa shape index (κ1) is 22.2. The van der Waals surface area contributed by atoms with Crippen LogP contribution in [0.4, 0.5) is 5.69 Å². The van der Waals surface area contributed by atoms with Crippen molar-refractivity contribution in [3.63, 3.8) is 0 Å². The zero-order valence-corrected chi connectivity index (χ0v) is 18.6. The van der Waals surface area contributed by atoms with Gasteiger partial charge in [-0.05, 0) is 55.1 Å². The molecule has 2 aromatic carbocycles. The normalized spacial score (nSPS) is 10.6. The van der Waals surface area contributed by atoms with Crippen molar-refractivity contribution in [3.05, 3.63) is 74.9 Å². The molecule has 1 amide bonds. The summed E-state index contributed by atoms with van der Waals surface area (Å²) in [5.41, 5.74) is 2.83. The number of carbonyl (C=O) groups excluding carboxylic acids is 1. The lowest BCUT2D eigenvalue weighted by Gasteiger charge is -2.15. The molecule has 30 heavy (non-hydrogen) atoms. The van der Waals surface area contributed by atoms with Gasteiger partial charge in [0.15, 0.2) is 18.1 Å². The van der Waals surface area contributed by atoms with Gasteiger partial charge >= 0.3 is 0 Å². The number of benzene rings is 2. The summed E-state index contributed by atoms with van der Waals surface area (Å²) in [4.78, 5) is 13.5. The smallest absolute Gasteiger partial charge is 0.262 e. The Morgan fingerprint density at radius 2 is 1.90 bits per heavy atom. The topological polar surface area (TPSA) is 59.6 Å². The van der Waals surface area contributed by atoms with Crippen molar-refractivity contribution in [2.24, 2.45) is 0 Å². The predicted molar refractivity (Wildman–Crippen MR) is 123 cm³/mol. The molecule has 1 aromatic heterocycles. The largest absolute Gasteiger partial charge is 0.490 e. The van der Waals surface area contributed by atoms with E-state index < -0.39 is 0 Å². The summed E-state index contributed by atoms with van der Waals surface area (Å²) in [7, 11) is 0. The summed E-state index contributed by atoms with van der Waals surface area (Å²) in [6.45, 7) is 5.62. The zero-order chi connectivity index (χ0) is 21.3. The van der Waals surface area contributed by atoms with Crippen LogP contribution in [0.25, 0.3) is 0 Å². The number of halogens is 1. The third-order valence-corrected chi connectivity index (χ3v) is 5.42. The highest BCUT2D eigenvalue weighted by Crippen LogP contribution is 2.36. The lowest BCUT2D eigenvalue weighted by molar-refractivity contribution is -0.118. The van der Waals surface area contributed by atoms with Gasteiger partial charge in [0.25, 0.3) is 5.91 Å². The molecule has 0 radical (unpaired) electrons. The van der Waals surface area contributed by atoms with Crippen molar-refractivity contribution in [3.8, 4) is 11.5 Å². The van der Waals surface area contributed by atoms with E-state index in [1.165, 1.54) is 4.88 Å². The van der Waals surface area contributed by atoms with Gasteiger partial charge in [-0.2, -0.15) is 0 Å². The molecular weight excluding hydrogens is 420 g/mol. The fourth-order valence-electron chi connectivity index (χ4n) is 2.84. The van der Waals surface area contributed by atoms with E-state index in [4.69, 9.17) is 21.1 Å². The first-order chi connectivity index (χ1) is 14.5. The standard InChI is InChI=1S/C23H25ClN2O3S/c1-3-28-21-12-17(13-25-14-19-5-4-10-30-19)11-20(24)23(21)29-15-22(27)26-18-8-6-16(2)7-9-18/h4-12,25H,3,13-15H2,1-2H3,(H,26,27). The Kier molecular flexibility index (Phi) is 8.13. The van der Waals surface area contributed by atoms with Crippen LogP contribution in [0.5, 0.6) is 11.5 Å². The summed E-state index contributed by atoms with van der Waals surface area (Å²) in [6.07, 6.45) is 0. The molecule has 0 saturated heterocycles. The highest BCUT2D eigenvalue weighted by molar-refractivity contribution is 7.09. The monoisotopic (exact) mass is 444 g/mol. The molecule has 3 rings (SSSR count). The number of hydrogen-bond donors (Lipinski definition) is 2. The molecule has 0 fully saturated rings. The number of anilines is 1. The van der Waals surface area contributed by atoms with E-state index in [1.807, 2.05) is 56.3 Å². The first-order valence-corrected chi connectivity index (χ1v) is 11.0. The minimum atomic E-state index is -0.265. The Bertz CT molecular complexity index is 959. The lowest BCUT2D eigenvalue weighted by Crippen LogP contribution is -2.20. The van der Waals surface area contributed by atoms with Gasteiger partial charge in [-0.3, -0.25) is 4.79 Å². The van der Waals surface area contributed by atoms with E-state index in [9.17, 15) is 4.79 Å². The Hall–Kier alpha value is -2.54. The fourth-order valence-corrected chi connectivity index (χ4v) is 3.80. The predicted octanol–water partition coefficient (Wildman–Crippen LogP) is 5.42. The molecule has 0 atom stereocenters. The molecule has 0 unspecified atom stereocenters. The van der Waals surface area contributed by atoms with Crippen LogP contribution in [-0.4, -0.2) is 19.1 Å². The number of nitrogens with one attached hydrogen (secondary N) is 2. The maximum Gasteiger partial charge on any atom is 0.262 e. The molecule has 0 saturated carbocycles. The third kappa shape index (κ3) is 6.49. The summed E-state index contributed by atoms with van der Waals surface area (Å²) >= 11 is 8.16. The average Bonchev–Trinajstić information content (AvgIpc) is 3.23. The maximum atomic E-state index is 12.2. The number of carbonyl (C=O) groups is 1. The zero-order valence-electron chi connectivity index (χ0n) is 17.0. The quantitative estimate of drug-likeness (QED) is 0.438. The summed E-state index contributed by atoms with van der Waals surface area (Å²) in [5.74, 6) is 0.639. The summed E-state index contributed by atoms with van der Waals surface area (Å²) in [6, 6.07) is 15.4. The molecule has 1 heterocycles. The van der Waals surface area contributed by atoms with Gasteiger partial charge in [-0.25, -0.2) is 0 Å². The summed E-state index contributed by atoms with van der Waals surface area (Å²) in [5, 5.41) is 8.67. The molecule has 0 aliphatic heterocycles. The van der Waals surface area contributed by atoms with Crippen LogP contribution in [0.15, 0.2) is 53.9 Å².